The Balaban J connectivity index is 0. The van der Waals surface area contributed by atoms with E-state index in [1.54, 1.807) is 0 Å². The Bertz CT molecular complexity index is 64.6. The zero-order valence-electron chi connectivity index (χ0n) is 5.46. The van der Waals surface area contributed by atoms with Gasteiger partial charge in [0, 0.05) is 12.4 Å². The second kappa shape index (κ2) is 16.5. The van der Waals surface area contributed by atoms with Crippen LogP contribution in [0.4, 0.5) is 0 Å². The smallest absolute Gasteiger partial charge is 0.0423 e. The number of rotatable bonds is 2. The van der Waals surface area contributed by atoms with Gasteiger partial charge in [-0.2, -0.15) is 10.2 Å². The van der Waals surface area contributed by atoms with Crippen molar-refractivity contribution < 1.29 is 0 Å². The Morgan fingerprint density at radius 2 is 1.25 bits per heavy atom. The number of nitrogens with zero attached hydrogens (tertiary/aromatic N) is 2. The van der Waals surface area contributed by atoms with Crippen LogP contribution in [0.25, 0.3) is 0 Å². The summed E-state index contributed by atoms with van der Waals surface area (Å²) in [4.78, 5) is 0. The van der Waals surface area contributed by atoms with E-state index in [2.05, 4.69) is 23.4 Å². The third kappa shape index (κ3) is 19.5. The van der Waals surface area contributed by atoms with Crippen LogP contribution in [0, 0.1) is 0 Å². The molecule has 0 aliphatic heterocycles. The first-order chi connectivity index (χ1) is 3.91. The van der Waals surface area contributed by atoms with Gasteiger partial charge in [0.25, 0.3) is 0 Å². The fourth-order valence-electron chi connectivity index (χ4n) is 0.0943. The third-order valence-electron chi connectivity index (χ3n) is 0.230. The van der Waals surface area contributed by atoms with Crippen molar-refractivity contribution in [3.8, 4) is 0 Å². The van der Waals surface area contributed by atoms with E-state index in [4.69, 9.17) is 0 Å². The van der Waals surface area contributed by atoms with Crippen LogP contribution in [-0.4, -0.2) is 0 Å². The average Bonchev–Trinajstić information content (AvgIpc) is 1.88. The molecule has 0 amide bonds. The molecule has 0 aromatic rings. The largest absolute Gasteiger partial charge is 0.160 e. The van der Waals surface area contributed by atoms with Crippen molar-refractivity contribution >= 4 is 0 Å². The van der Waals surface area contributed by atoms with Crippen molar-refractivity contribution in [2.75, 3.05) is 0 Å². The lowest BCUT2D eigenvalue weighted by Gasteiger charge is -1.62. The Kier molecular flexibility index (Phi) is 21.0. The van der Waals surface area contributed by atoms with Crippen LogP contribution in [0.2, 0.25) is 0 Å². The van der Waals surface area contributed by atoms with Gasteiger partial charge >= 0.3 is 0 Å². The Hall–Kier alpha value is -0.920. The van der Waals surface area contributed by atoms with Gasteiger partial charge in [-0.3, -0.25) is 0 Å². The fourth-order valence-corrected chi connectivity index (χ4v) is 0.0943. The SMILES string of the molecule is C=CN=NC=C.CC. The van der Waals surface area contributed by atoms with E-state index in [1.807, 2.05) is 13.8 Å². The maximum atomic E-state index is 3.36. The molecule has 0 bridgehead atoms. The Labute approximate surface area is 50.6 Å². The zero-order chi connectivity index (χ0) is 6.83. The van der Waals surface area contributed by atoms with Crippen molar-refractivity contribution in [1.82, 2.24) is 0 Å². The lowest BCUT2D eigenvalue weighted by molar-refractivity contribution is 1.24. The zero-order valence-corrected chi connectivity index (χ0v) is 5.46. The molecule has 0 aliphatic rings. The highest BCUT2D eigenvalue weighted by Crippen LogP contribution is 1.71. The molecule has 0 fully saturated rings. The molecule has 0 aliphatic carbocycles. The van der Waals surface area contributed by atoms with Crippen LogP contribution < -0.4 is 0 Å². The first kappa shape index (κ1) is 10.1. The lowest BCUT2D eigenvalue weighted by Crippen LogP contribution is -1.36. The second-order valence-corrected chi connectivity index (χ2v) is 0.596. The van der Waals surface area contributed by atoms with E-state index in [-0.39, 0.29) is 0 Å². The quantitative estimate of drug-likeness (QED) is 0.491. The molecule has 0 atom stereocenters. The van der Waals surface area contributed by atoms with Crippen molar-refractivity contribution in [3.05, 3.63) is 25.6 Å². The molecule has 0 heterocycles. The average molecular weight is 112 g/mol. The molecule has 0 aromatic carbocycles. The summed E-state index contributed by atoms with van der Waals surface area (Å²) in [6, 6.07) is 0. The lowest BCUT2D eigenvalue weighted by atomic mass is 11.0. The second-order valence-electron chi connectivity index (χ2n) is 0.596. The van der Waals surface area contributed by atoms with Gasteiger partial charge in [-0.15, -0.1) is 0 Å². The molecule has 0 aromatic heterocycles. The summed E-state index contributed by atoms with van der Waals surface area (Å²) in [5.41, 5.74) is 0. The van der Waals surface area contributed by atoms with Crippen molar-refractivity contribution in [1.29, 1.82) is 0 Å². The van der Waals surface area contributed by atoms with E-state index in [1.165, 1.54) is 12.4 Å². The van der Waals surface area contributed by atoms with Gasteiger partial charge in [0.1, 0.15) is 0 Å². The normalized spacial score (nSPS) is 7.25. The summed E-state index contributed by atoms with van der Waals surface area (Å²) >= 11 is 0. The van der Waals surface area contributed by atoms with Gasteiger partial charge in [0.15, 0.2) is 0 Å². The topological polar surface area (TPSA) is 24.7 Å². The maximum Gasteiger partial charge on any atom is 0.0423 e. The predicted octanol–water partition coefficient (Wildman–Crippen LogP) is 2.75. The van der Waals surface area contributed by atoms with Gasteiger partial charge < -0.3 is 0 Å². The number of hydrogen-bond acceptors (Lipinski definition) is 2. The van der Waals surface area contributed by atoms with E-state index in [0.29, 0.717) is 0 Å². The standard InChI is InChI=1S/C4H6N2.C2H6/c1-3-5-6-4-2;1-2/h3-4H,1-2H2;1-2H3. The van der Waals surface area contributed by atoms with Gasteiger partial charge in [-0.25, -0.2) is 0 Å². The summed E-state index contributed by atoms with van der Waals surface area (Å²) in [5.74, 6) is 0. The Morgan fingerprint density at radius 1 is 1.00 bits per heavy atom. The van der Waals surface area contributed by atoms with Crippen LogP contribution in [0.3, 0.4) is 0 Å². The molecule has 0 N–H and O–H groups in total. The Morgan fingerprint density at radius 3 is 1.38 bits per heavy atom. The molecule has 0 radical (unpaired) electrons. The third-order valence-corrected chi connectivity index (χ3v) is 0.230. The van der Waals surface area contributed by atoms with Gasteiger partial charge in [-0.05, 0) is 0 Å². The highest BCUT2D eigenvalue weighted by molar-refractivity contribution is 4.63. The van der Waals surface area contributed by atoms with Gasteiger partial charge in [0.2, 0.25) is 0 Å². The minimum absolute atomic E-state index is 1.35. The first-order valence-electron chi connectivity index (χ1n) is 2.53. The number of hydrogen-bond donors (Lipinski definition) is 0. The molecule has 2 nitrogen and oxygen atoms in total. The minimum Gasteiger partial charge on any atom is -0.160 e. The summed E-state index contributed by atoms with van der Waals surface area (Å²) in [6.07, 6.45) is 2.70. The van der Waals surface area contributed by atoms with E-state index in [9.17, 15) is 0 Å². The highest BCUT2D eigenvalue weighted by atomic mass is 15.1. The van der Waals surface area contributed by atoms with E-state index in [0.717, 1.165) is 0 Å². The van der Waals surface area contributed by atoms with Crippen molar-refractivity contribution in [2.24, 2.45) is 10.2 Å². The first-order valence-corrected chi connectivity index (χ1v) is 2.53. The van der Waals surface area contributed by atoms with E-state index < -0.39 is 0 Å². The predicted molar refractivity (Wildman–Crippen MR) is 36.6 cm³/mol. The monoisotopic (exact) mass is 112 g/mol. The summed E-state index contributed by atoms with van der Waals surface area (Å²) in [6.45, 7) is 10.6. The van der Waals surface area contributed by atoms with Crippen LogP contribution in [0.1, 0.15) is 13.8 Å². The molecule has 2 heteroatoms. The molecule has 8 heavy (non-hydrogen) atoms. The fraction of sp³-hybridized carbons (Fsp3) is 0.333. The molecular weight excluding hydrogens is 100 g/mol. The summed E-state index contributed by atoms with van der Waals surface area (Å²) in [5, 5.41) is 6.72. The number of azo groups is 1. The molecule has 0 saturated heterocycles. The van der Waals surface area contributed by atoms with Crippen LogP contribution in [0.15, 0.2) is 35.8 Å². The van der Waals surface area contributed by atoms with Crippen molar-refractivity contribution in [2.45, 2.75) is 13.8 Å². The molecule has 46 valence electrons. The summed E-state index contributed by atoms with van der Waals surface area (Å²) < 4.78 is 0. The molecule has 0 spiro atoms. The highest BCUT2D eigenvalue weighted by Gasteiger charge is 1.46. The van der Waals surface area contributed by atoms with Gasteiger partial charge in [-0.1, -0.05) is 27.0 Å². The van der Waals surface area contributed by atoms with E-state index >= 15 is 0 Å². The van der Waals surface area contributed by atoms with Crippen LogP contribution >= 0.6 is 0 Å². The van der Waals surface area contributed by atoms with Gasteiger partial charge in [0.05, 0.1) is 0 Å². The molecule has 0 saturated carbocycles. The minimum atomic E-state index is 1.35. The molecule has 0 unspecified atom stereocenters. The van der Waals surface area contributed by atoms with Crippen LogP contribution in [0.5, 0.6) is 0 Å². The summed E-state index contributed by atoms with van der Waals surface area (Å²) in [7, 11) is 0. The van der Waals surface area contributed by atoms with Crippen LogP contribution in [-0.2, 0) is 0 Å². The maximum absolute atomic E-state index is 3.36. The molecular formula is C6H12N2. The van der Waals surface area contributed by atoms with Crippen molar-refractivity contribution in [3.63, 3.8) is 0 Å². The molecule has 0 rings (SSSR count).